The van der Waals surface area contributed by atoms with Crippen molar-refractivity contribution < 1.29 is 9.53 Å². The number of carbonyl (C=O) groups is 1. The van der Waals surface area contributed by atoms with Crippen LogP contribution in [0.25, 0.3) is 0 Å². The third-order valence-electron chi connectivity index (χ3n) is 3.03. The molecular weight excluding hydrogens is 308 g/mol. The van der Waals surface area contributed by atoms with Gasteiger partial charge in [0.05, 0.1) is 25.2 Å². The molecule has 0 N–H and O–H groups in total. The lowest BCUT2D eigenvalue weighted by molar-refractivity contribution is 0.0598. The smallest absolute Gasteiger partial charge is 0.338 e. The Morgan fingerprint density at radius 2 is 2.26 bits per heavy atom. The van der Waals surface area contributed by atoms with Crippen molar-refractivity contribution in [2.75, 3.05) is 14.2 Å². The summed E-state index contributed by atoms with van der Waals surface area (Å²) in [5.41, 5.74) is 1.44. The van der Waals surface area contributed by atoms with Crippen LogP contribution in [0.3, 0.4) is 0 Å². The molecule has 1 rings (SSSR count). The van der Waals surface area contributed by atoms with E-state index in [0.29, 0.717) is 18.5 Å². The van der Waals surface area contributed by atoms with Crippen molar-refractivity contribution in [2.45, 2.75) is 25.9 Å². The monoisotopic (exact) mass is 324 g/mol. The minimum Gasteiger partial charge on any atom is -0.465 e. The van der Waals surface area contributed by atoms with Gasteiger partial charge in [0, 0.05) is 17.1 Å². The summed E-state index contributed by atoms with van der Waals surface area (Å²) in [6, 6.07) is 7.75. The van der Waals surface area contributed by atoms with Gasteiger partial charge in [-0.25, -0.2) is 4.79 Å². The SMILES string of the molecule is COC(=O)c1ccc(Br)cc1CN(C)[C@H](C)CC#N. The van der Waals surface area contributed by atoms with Gasteiger partial charge in [0.15, 0.2) is 0 Å². The van der Waals surface area contributed by atoms with Crippen LogP contribution in [0, 0.1) is 11.3 Å². The summed E-state index contributed by atoms with van der Waals surface area (Å²) in [4.78, 5) is 13.8. The number of methoxy groups -OCH3 is 1. The van der Waals surface area contributed by atoms with E-state index in [1.807, 2.05) is 31.0 Å². The van der Waals surface area contributed by atoms with E-state index >= 15 is 0 Å². The molecule has 1 aromatic carbocycles. The third kappa shape index (κ3) is 4.34. The van der Waals surface area contributed by atoms with Crippen LogP contribution >= 0.6 is 15.9 Å². The Bertz CT molecular complexity index is 497. The molecule has 5 heteroatoms. The summed E-state index contributed by atoms with van der Waals surface area (Å²) >= 11 is 3.40. The number of nitrogens with zero attached hydrogens (tertiary/aromatic N) is 2. The van der Waals surface area contributed by atoms with Crippen molar-refractivity contribution >= 4 is 21.9 Å². The highest BCUT2D eigenvalue weighted by molar-refractivity contribution is 9.10. The van der Waals surface area contributed by atoms with Crippen LogP contribution in [-0.2, 0) is 11.3 Å². The molecule has 1 aromatic rings. The standard InChI is InChI=1S/C14H17BrN2O2/c1-10(6-7-16)17(2)9-11-8-12(15)4-5-13(11)14(18)19-3/h4-5,8,10H,6,9H2,1-3H3/t10-/m1/s1. The first-order valence-electron chi connectivity index (χ1n) is 5.93. The van der Waals surface area contributed by atoms with Gasteiger partial charge in [-0.15, -0.1) is 0 Å². The zero-order chi connectivity index (χ0) is 14.4. The van der Waals surface area contributed by atoms with Crippen LogP contribution < -0.4 is 0 Å². The number of hydrogen-bond acceptors (Lipinski definition) is 4. The molecule has 0 unspecified atom stereocenters. The average molecular weight is 325 g/mol. The second-order valence-electron chi connectivity index (χ2n) is 4.42. The number of ether oxygens (including phenoxy) is 1. The molecule has 0 amide bonds. The van der Waals surface area contributed by atoms with Gasteiger partial charge in [0.2, 0.25) is 0 Å². The maximum Gasteiger partial charge on any atom is 0.338 e. The number of halogens is 1. The Morgan fingerprint density at radius 3 is 2.84 bits per heavy atom. The summed E-state index contributed by atoms with van der Waals surface area (Å²) in [6.07, 6.45) is 0.456. The molecule has 19 heavy (non-hydrogen) atoms. The van der Waals surface area contributed by atoms with Crippen LogP contribution in [0.1, 0.15) is 29.3 Å². The molecule has 0 saturated heterocycles. The number of rotatable bonds is 5. The van der Waals surface area contributed by atoms with Gasteiger partial charge in [0.1, 0.15) is 0 Å². The molecule has 4 nitrogen and oxygen atoms in total. The molecule has 0 bridgehead atoms. The van der Waals surface area contributed by atoms with Crippen molar-refractivity contribution in [3.8, 4) is 6.07 Å². The van der Waals surface area contributed by atoms with E-state index in [1.165, 1.54) is 7.11 Å². The minimum atomic E-state index is -0.344. The fourth-order valence-corrected chi connectivity index (χ4v) is 2.12. The molecule has 0 saturated carbocycles. The molecule has 0 aliphatic carbocycles. The highest BCUT2D eigenvalue weighted by Crippen LogP contribution is 2.20. The summed E-state index contributed by atoms with van der Waals surface area (Å²) in [5.74, 6) is -0.344. The molecule has 0 aliphatic heterocycles. The molecule has 0 aliphatic rings. The predicted octanol–water partition coefficient (Wildman–Crippen LogP) is 2.97. The number of nitriles is 1. The first kappa shape index (κ1) is 15.7. The molecule has 0 radical (unpaired) electrons. The van der Waals surface area contributed by atoms with Gasteiger partial charge < -0.3 is 4.74 Å². The van der Waals surface area contributed by atoms with E-state index in [2.05, 4.69) is 22.0 Å². The largest absolute Gasteiger partial charge is 0.465 e. The number of esters is 1. The van der Waals surface area contributed by atoms with Gasteiger partial charge in [-0.1, -0.05) is 15.9 Å². The van der Waals surface area contributed by atoms with Crippen molar-refractivity contribution in [3.63, 3.8) is 0 Å². The Labute approximate surface area is 122 Å². The zero-order valence-electron chi connectivity index (χ0n) is 11.3. The van der Waals surface area contributed by atoms with E-state index in [1.54, 1.807) is 6.07 Å². The van der Waals surface area contributed by atoms with E-state index in [0.717, 1.165) is 10.0 Å². The zero-order valence-corrected chi connectivity index (χ0v) is 12.9. The summed E-state index contributed by atoms with van der Waals surface area (Å²) in [6.45, 7) is 2.58. The van der Waals surface area contributed by atoms with Crippen LogP contribution in [0.15, 0.2) is 22.7 Å². The van der Waals surface area contributed by atoms with Crippen molar-refractivity contribution in [3.05, 3.63) is 33.8 Å². The Morgan fingerprint density at radius 1 is 1.58 bits per heavy atom. The Hall–Kier alpha value is -1.38. The number of carbonyl (C=O) groups excluding carboxylic acids is 1. The number of benzene rings is 1. The minimum absolute atomic E-state index is 0.134. The molecule has 0 aromatic heterocycles. The van der Waals surface area contributed by atoms with Crippen LogP contribution in [0.4, 0.5) is 0 Å². The number of hydrogen-bond donors (Lipinski definition) is 0. The predicted molar refractivity (Wildman–Crippen MR) is 76.6 cm³/mol. The second-order valence-corrected chi connectivity index (χ2v) is 5.34. The summed E-state index contributed by atoms with van der Waals surface area (Å²) in [5, 5.41) is 8.72. The topological polar surface area (TPSA) is 53.3 Å². The molecule has 102 valence electrons. The van der Waals surface area contributed by atoms with Crippen LogP contribution in [-0.4, -0.2) is 31.1 Å². The van der Waals surface area contributed by atoms with Crippen LogP contribution in [0.2, 0.25) is 0 Å². The van der Waals surface area contributed by atoms with Crippen molar-refractivity contribution in [2.24, 2.45) is 0 Å². The van der Waals surface area contributed by atoms with Crippen molar-refractivity contribution in [1.29, 1.82) is 5.26 Å². The molecular formula is C14H17BrN2O2. The lowest BCUT2D eigenvalue weighted by Gasteiger charge is -2.23. The summed E-state index contributed by atoms with van der Waals surface area (Å²) < 4.78 is 5.69. The van der Waals surface area contributed by atoms with E-state index < -0.39 is 0 Å². The first-order chi connectivity index (χ1) is 8.99. The van der Waals surface area contributed by atoms with Crippen LogP contribution in [0.5, 0.6) is 0 Å². The fourth-order valence-electron chi connectivity index (χ4n) is 1.71. The van der Waals surface area contributed by atoms with E-state index in [4.69, 9.17) is 10.00 Å². The summed E-state index contributed by atoms with van der Waals surface area (Å²) in [7, 11) is 3.31. The second kappa shape index (κ2) is 7.27. The van der Waals surface area contributed by atoms with Gasteiger partial charge in [-0.3, -0.25) is 4.90 Å². The van der Waals surface area contributed by atoms with Gasteiger partial charge in [0.25, 0.3) is 0 Å². The maximum atomic E-state index is 11.7. The van der Waals surface area contributed by atoms with Crippen molar-refractivity contribution in [1.82, 2.24) is 4.90 Å². The average Bonchev–Trinajstić information content (AvgIpc) is 2.38. The quantitative estimate of drug-likeness (QED) is 0.781. The molecule has 1 atom stereocenters. The Balaban J connectivity index is 2.96. The first-order valence-corrected chi connectivity index (χ1v) is 6.72. The fraction of sp³-hybridized carbons (Fsp3) is 0.429. The van der Waals surface area contributed by atoms with Gasteiger partial charge >= 0.3 is 5.97 Å². The highest BCUT2D eigenvalue weighted by atomic mass is 79.9. The molecule has 0 spiro atoms. The lowest BCUT2D eigenvalue weighted by atomic mass is 10.1. The normalized spacial score (nSPS) is 12.0. The Kier molecular flexibility index (Phi) is 6.00. The van der Waals surface area contributed by atoms with Gasteiger partial charge in [-0.2, -0.15) is 5.26 Å². The van der Waals surface area contributed by atoms with E-state index in [9.17, 15) is 4.79 Å². The third-order valence-corrected chi connectivity index (χ3v) is 3.52. The van der Waals surface area contributed by atoms with Gasteiger partial charge in [-0.05, 0) is 37.7 Å². The lowest BCUT2D eigenvalue weighted by Crippen LogP contribution is -2.29. The molecule has 0 fully saturated rings. The molecule has 0 heterocycles. The maximum absolute atomic E-state index is 11.7. The van der Waals surface area contributed by atoms with E-state index in [-0.39, 0.29) is 12.0 Å². The highest BCUT2D eigenvalue weighted by Gasteiger charge is 2.16.